The third-order valence-corrected chi connectivity index (χ3v) is 4.08. The van der Waals surface area contributed by atoms with Gasteiger partial charge in [0.25, 0.3) is 0 Å². The molecular formula is C15H15N3O2S. The molecule has 5 nitrogen and oxygen atoms in total. The molecule has 0 aliphatic carbocycles. The number of nitrogens with zero attached hydrogens (tertiary/aromatic N) is 3. The first-order valence-corrected chi connectivity index (χ1v) is 7.37. The lowest BCUT2D eigenvalue weighted by molar-refractivity contribution is 0.277. The molecule has 0 aliphatic heterocycles. The van der Waals surface area contributed by atoms with Crippen molar-refractivity contribution < 1.29 is 9.84 Å². The molecule has 1 N–H and O–H groups in total. The van der Waals surface area contributed by atoms with Crippen molar-refractivity contribution in [2.75, 3.05) is 7.11 Å². The largest absolute Gasteiger partial charge is 0.494 e. The average Bonchev–Trinajstić information content (AvgIpc) is 3.15. The molecule has 0 saturated carbocycles. The minimum Gasteiger partial charge on any atom is -0.494 e. The minimum atomic E-state index is -0.151. The van der Waals surface area contributed by atoms with Crippen molar-refractivity contribution >= 4 is 11.3 Å². The Morgan fingerprint density at radius 1 is 1.33 bits per heavy atom. The molecule has 21 heavy (non-hydrogen) atoms. The Balaban J connectivity index is 2.24. The molecule has 1 aromatic carbocycles. The Bertz CT molecular complexity index is 750. The standard InChI is InChI=1S/C15H15N3O2S/c1-10-5-6-13(20-2)12(8-10)18-15(11(9-19)16-17-18)14-4-3-7-21-14/h3-8,19H,9H2,1-2H3. The summed E-state index contributed by atoms with van der Waals surface area (Å²) < 4.78 is 7.15. The molecule has 3 aromatic rings. The zero-order valence-electron chi connectivity index (χ0n) is 11.8. The van der Waals surface area contributed by atoms with Gasteiger partial charge < -0.3 is 9.84 Å². The number of aromatic nitrogens is 3. The van der Waals surface area contributed by atoms with Crippen LogP contribution in [-0.4, -0.2) is 27.2 Å². The number of thiophene rings is 1. The Morgan fingerprint density at radius 2 is 2.19 bits per heavy atom. The van der Waals surface area contributed by atoms with Gasteiger partial charge in [0.1, 0.15) is 22.8 Å². The average molecular weight is 301 g/mol. The highest BCUT2D eigenvalue weighted by atomic mass is 32.1. The summed E-state index contributed by atoms with van der Waals surface area (Å²) in [6.45, 7) is 1.86. The van der Waals surface area contributed by atoms with Gasteiger partial charge in [-0.05, 0) is 36.1 Å². The molecule has 0 aliphatic rings. The summed E-state index contributed by atoms with van der Waals surface area (Å²) >= 11 is 1.58. The Morgan fingerprint density at radius 3 is 2.86 bits per heavy atom. The van der Waals surface area contributed by atoms with Gasteiger partial charge in [0, 0.05) is 0 Å². The zero-order valence-corrected chi connectivity index (χ0v) is 12.6. The maximum atomic E-state index is 9.52. The summed E-state index contributed by atoms with van der Waals surface area (Å²) in [6, 6.07) is 9.83. The topological polar surface area (TPSA) is 60.2 Å². The number of aliphatic hydroxyl groups is 1. The van der Waals surface area contributed by atoms with E-state index in [1.165, 1.54) is 0 Å². The van der Waals surface area contributed by atoms with E-state index < -0.39 is 0 Å². The van der Waals surface area contributed by atoms with Crippen molar-refractivity contribution in [1.29, 1.82) is 0 Å². The molecule has 3 rings (SSSR count). The fourth-order valence-corrected chi connectivity index (χ4v) is 2.99. The van der Waals surface area contributed by atoms with E-state index in [0.717, 1.165) is 21.8 Å². The molecule has 6 heteroatoms. The second-order valence-corrected chi connectivity index (χ2v) is 5.55. The van der Waals surface area contributed by atoms with Crippen molar-refractivity contribution in [2.45, 2.75) is 13.5 Å². The molecule has 0 amide bonds. The highest BCUT2D eigenvalue weighted by Gasteiger charge is 2.19. The quantitative estimate of drug-likeness (QED) is 0.805. The van der Waals surface area contributed by atoms with E-state index in [2.05, 4.69) is 10.3 Å². The molecule has 0 bridgehead atoms. The fraction of sp³-hybridized carbons (Fsp3) is 0.200. The van der Waals surface area contributed by atoms with Crippen LogP contribution in [0.3, 0.4) is 0 Å². The first kappa shape index (κ1) is 13.8. The number of aryl methyl sites for hydroxylation is 1. The van der Waals surface area contributed by atoms with E-state index in [-0.39, 0.29) is 6.61 Å². The number of ether oxygens (including phenoxy) is 1. The van der Waals surface area contributed by atoms with Gasteiger partial charge in [-0.1, -0.05) is 17.3 Å². The number of hydrogen-bond acceptors (Lipinski definition) is 5. The van der Waals surface area contributed by atoms with Gasteiger partial charge in [-0.2, -0.15) is 0 Å². The van der Waals surface area contributed by atoms with Gasteiger partial charge in [0.15, 0.2) is 0 Å². The first-order valence-electron chi connectivity index (χ1n) is 6.49. The van der Waals surface area contributed by atoms with Crippen LogP contribution in [0.2, 0.25) is 0 Å². The van der Waals surface area contributed by atoms with Crippen LogP contribution in [0, 0.1) is 6.92 Å². The smallest absolute Gasteiger partial charge is 0.144 e. The SMILES string of the molecule is COc1ccc(C)cc1-n1nnc(CO)c1-c1cccs1. The highest BCUT2D eigenvalue weighted by Crippen LogP contribution is 2.32. The predicted molar refractivity (Wildman–Crippen MR) is 81.9 cm³/mol. The lowest BCUT2D eigenvalue weighted by Crippen LogP contribution is -2.02. The minimum absolute atomic E-state index is 0.151. The van der Waals surface area contributed by atoms with Gasteiger partial charge in [-0.25, -0.2) is 4.68 Å². The van der Waals surface area contributed by atoms with Crippen molar-refractivity contribution in [3.05, 3.63) is 47.0 Å². The van der Waals surface area contributed by atoms with E-state index >= 15 is 0 Å². The summed E-state index contributed by atoms with van der Waals surface area (Å²) in [5.41, 5.74) is 3.27. The van der Waals surface area contributed by atoms with Crippen molar-refractivity contribution in [3.8, 4) is 22.0 Å². The van der Waals surface area contributed by atoms with Crippen LogP contribution in [0.15, 0.2) is 35.7 Å². The van der Waals surface area contributed by atoms with Gasteiger partial charge in [-0.3, -0.25) is 0 Å². The summed E-state index contributed by atoms with van der Waals surface area (Å²) in [5.74, 6) is 0.716. The van der Waals surface area contributed by atoms with Crippen molar-refractivity contribution in [1.82, 2.24) is 15.0 Å². The molecule has 2 aromatic heterocycles. The molecule has 108 valence electrons. The van der Waals surface area contributed by atoms with E-state index in [0.29, 0.717) is 11.4 Å². The molecule has 0 atom stereocenters. The lowest BCUT2D eigenvalue weighted by Gasteiger charge is -2.11. The fourth-order valence-electron chi connectivity index (χ4n) is 2.21. The van der Waals surface area contributed by atoms with Crippen LogP contribution < -0.4 is 4.74 Å². The number of hydrogen-bond donors (Lipinski definition) is 1. The number of benzene rings is 1. The maximum absolute atomic E-state index is 9.52. The monoisotopic (exact) mass is 301 g/mol. The number of methoxy groups -OCH3 is 1. The third-order valence-electron chi connectivity index (χ3n) is 3.21. The van der Waals surface area contributed by atoms with Crippen molar-refractivity contribution in [3.63, 3.8) is 0 Å². The zero-order chi connectivity index (χ0) is 14.8. The normalized spacial score (nSPS) is 10.8. The molecule has 0 spiro atoms. The first-order chi connectivity index (χ1) is 10.2. The van der Waals surface area contributed by atoms with Crippen LogP contribution in [0.1, 0.15) is 11.3 Å². The van der Waals surface area contributed by atoms with Crippen LogP contribution >= 0.6 is 11.3 Å². The van der Waals surface area contributed by atoms with Gasteiger partial charge in [-0.15, -0.1) is 16.4 Å². The van der Waals surface area contributed by atoms with E-state index in [4.69, 9.17) is 4.74 Å². The third kappa shape index (κ3) is 2.43. The highest BCUT2D eigenvalue weighted by molar-refractivity contribution is 7.13. The predicted octanol–water partition coefficient (Wildman–Crippen LogP) is 2.81. The summed E-state index contributed by atoms with van der Waals surface area (Å²) in [5, 5.41) is 19.8. The van der Waals surface area contributed by atoms with Crippen molar-refractivity contribution in [2.24, 2.45) is 0 Å². The second kappa shape index (κ2) is 5.67. The molecule has 0 unspecified atom stereocenters. The molecule has 0 radical (unpaired) electrons. The summed E-state index contributed by atoms with van der Waals surface area (Å²) in [4.78, 5) is 1.01. The lowest BCUT2D eigenvalue weighted by atomic mass is 10.2. The molecule has 0 saturated heterocycles. The maximum Gasteiger partial charge on any atom is 0.144 e. The van der Waals surface area contributed by atoms with Crippen LogP contribution in [0.5, 0.6) is 5.75 Å². The van der Waals surface area contributed by atoms with E-state index in [1.54, 1.807) is 23.1 Å². The van der Waals surface area contributed by atoms with Crippen LogP contribution in [0.25, 0.3) is 16.3 Å². The van der Waals surface area contributed by atoms with E-state index in [1.807, 2.05) is 42.6 Å². The Hall–Kier alpha value is -2.18. The molecule has 0 fully saturated rings. The Kier molecular flexibility index (Phi) is 3.72. The van der Waals surface area contributed by atoms with E-state index in [9.17, 15) is 5.11 Å². The summed E-state index contributed by atoms with van der Waals surface area (Å²) in [7, 11) is 1.63. The summed E-state index contributed by atoms with van der Waals surface area (Å²) in [6.07, 6.45) is 0. The molecular weight excluding hydrogens is 286 g/mol. The van der Waals surface area contributed by atoms with Crippen LogP contribution in [0.4, 0.5) is 0 Å². The second-order valence-electron chi connectivity index (χ2n) is 4.61. The van der Waals surface area contributed by atoms with Crippen LogP contribution in [-0.2, 0) is 6.61 Å². The van der Waals surface area contributed by atoms with Gasteiger partial charge in [0.05, 0.1) is 18.6 Å². The number of rotatable bonds is 4. The van der Waals surface area contributed by atoms with Gasteiger partial charge in [0.2, 0.25) is 0 Å². The van der Waals surface area contributed by atoms with Gasteiger partial charge >= 0.3 is 0 Å². The Labute approximate surface area is 126 Å². The number of aliphatic hydroxyl groups excluding tert-OH is 1. The molecule has 2 heterocycles.